The molecule has 0 unspecified atom stereocenters. The highest BCUT2D eigenvalue weighted by Crippen LogP contribution is 2.21. The summed E-state index contributed by atoms with van der Waals surface area (Å²) < 4.78 is 0.684. The van der Waals surface area contributed by atoms with Crippen molar-refractivity contribution < 1.29 is 21.9 Å². The van der Waals surface area contributed by atoms with Crippen LogP contribution in [0.1, 0.15) is 90.9 Å². The van der Waals surface area contributed by atoms with Gasteiger partial charge in [-0.05, 0) is 37.1 Å². The second kappa shape index (κ2) is 16.5. The lowest BCUT2D eigenvalue weighted by Gasteiger charge is -2.32. The van der Waals surface area contributed by atoms with Gasteiger partial charge in [0.25, 0.3) is 0 Å². The van der Waals surface area contributed by atoms with Crippen LogP contribution in [0.3, 0.4) is 0 Å². The second-order valence-corrected chi connectivity index (χ2v) is 8.26. The Kier molecular flexibility index (Phi) is 16.2. The molecule has 0 amide bonds. The molecule has 0 aromatic heterocycles. The molecule has 0 atom stereocenters. The molecule has 4 heteroatoms. The molecular weight excluding hydrogens is 377 g/mol. The summed E-state index contributed by atoms with van der Waals surface area (Å²) in [6.45, 7) is 6.72. The molecule has 1 aromatic rings. The molecule has 0 aliphatic heterocycles. The number of nitrogens with zero attached hydrogens (tertiary/aromatic N) is 1. The third-order valence-corrected chi connectivity index (χ3v) is 5.36. The first-order valence-corrected chi connectivity index (χ1v) is 11.3. The standard InChI is InChI=1S/C23H41ClNO.ClH/c1-4-6-8-10-12-14-20-25(3,21-15-13-11-9-7-5-2)26-23-18-16-22(24)17-19-23;/h16-19H,4-15,20-21H2,1-3H3;1H/q+1;/p-1. The lowest BCUT2D eigenvalue weighted by atomic mass is 10.1. The molecule has 2 nitrogen and oxygen atoms in total. The molecule has 0 spiro atoms. The van der Waals surface area contributed by atoms with Gasteiger partial charge in [0, 0.05) is 17.9 Å². The van der Waals surface area contributed by atoms with Crippen LogP contribution in [-0.4, -0.2) is 24.8 Å². The predicted octanol–water partition coefficient (Wildman–Crippen LogP) is 4.81. The Balaban J connectivity index is 0.00000676. The van der Waals surface area contributed by atoms with Gasteiger partial charge >= 0.3 is 0 Å². The van der Waals surface area contributed by atoms with E-state index in [1.54, 1.807) is 0 Å². The van der Waals surface area contributed by atoms with E-state index in [1.165, 1.54) is 77.0 Å². The summed E-state index contributed by atoms with van der Waals surface area (Å²) in [5.74, 6) is 0.925. The Morgan fingerprint density at radius 3 is 1.56 bits per heavy atom. The van der Waals surface area contributed by atoms with Gasteiger partial charge in [0.05, 0.1) is 0 Å². The predicted molar refractivity (Wildman–Crippen MR) is 115 cm³/mol. The Morgan fingerprint density at radius 2 is 1.11 bits per heavy atom. The lowest BCUT2D eigenvalue weighted by molar-refractivity contribution is -1.06. The minimum Gasteiger partial charge on any atom is -1.00 e. The zero-order chi connectivity index (χ0) is 19.1. The van der Waals surface area contributed by atoms with Gasteiger partial charge in [0.2, 0.25) is 0 Å². The van der Waals surface area contributed by atoms with Crippen molar-refractivity contribution in [3.05, 3.63) is 29.3 Å². The maximum absolute atomic E-state index is 6.39. The van der Waals surface area contributed by atoms with E-state index >= 15 is 0 Å². The van der Waals surface area contributed by atoms with Crippen molar-refractivity contribution in [2.24, 2.45) is 0 Å². The van der Waals surface area contributed by atoms with Crippen LogP contribution in [0.25, 0.3) is 0 Å². The number of unbranched alkanes of at least 4 members (excludes halogenated alkanes) is 10. The highest BCUT2D eigenvalue weighted by atomic mass is 35.5. The Bertz CT molecular complexity index is 434. The fourth-order valence-electron chi connectivity index (χ4n) is 3.41. The Morgan fingerprint density at radius 1 is 0.704 bits per heavy atom. The van der Waals surface area contributed by atoms with E-state index in [0.29, 0.717) is 4.65 Å². The molecule has 0 aliphatic carbocycles. The molecule has 1 rings (SSSR count). The van der Waals surface area contributed by atoms with E-state index in [-0.39, 0.29) is 12.4 Å². The van der Waals surface area contributed by atoms with E-state index in [9.17, 15) is 0 Å². The van der Waals surface area contributed by atoms with Gasteiger partial charge in [-0.2, -0.15) is 0 Å². The van der Waals surface area contributed by atoms with Crippen molar-refractivity contribution in [3.8, 4) is 5.75 Å². The molecule has 27 heavy (non-hydrogen) atoms. The molecule has 0 fully saturated rings. The highest BCUT2D eigenvalue weighted by molar-refractivity contribution is 6.30. The quantitative estimate of drug-likeness (QED) is 0.213. The van der Waals surface area contributed by atoms with Crippen LogP contribution in [-0.2, 0) is 0 Å². The highest BCUT2D eigenvalue weighted by Gasteiger charge is 2.24. The van der Waals surface area contributed by atoms with Gasteiger partial charge in [0.15, 0.2) is 5.75 Å². The van der Waals surface area contributed by atoms with Crippen LogP contribution in [0.5, 0.6) is 5.75 Å². The minimum atomic E-state index is 0. The largest absolute Gasteiger partial charge is 1.00 e. The monoisotopic (exact) mass is 417 g/mol. The van der Waals surface area contributed by atoms with E-state index in [1.807, 2.05) is 24.3 Å². The van der Waals surface area contributed by atoms with Crippen molar-refractivity contribution >= 4 is 11.6 Å². The molecular formula is C23H41Cl2NO. The molecule has 0 bridgehead atoms. The zero-order valence-electron chi connectivity index (χ0n) is 17.8. The van der Waals surface area contributed by atoms with Crippen LogP contribution in [0.4, 0.5) is 0 Å². The van der Waals surface area contributed by atoms with Crippen LogP contribution >= 0.6 is 11.6 Å². The molecule has 0 N–H and O–H groups in total. The molecule has 0 aliphatic rings. The van der Waals surface area contributed by atoms with Gasteiger partial charge in [0.1, 0.15) is 20.1 Å². The Labute approximate surface area is 179 Å². The summed E-state index contributed by atoms with van der Waals surface area (Å²) in [5, 5.41) is 0.762. The number of hydrogen-bond donors (Lipinski definition) is 0. The zero-order valence-corrected chi connectivity index (χ0v) is 19.3. The summed E-state index contributed by atoms with van der Waals surface area (Å²) in [6, 6.07) is 7.80. The van der Waals surface area contributed by atoms with E-state index in [4.69, 9.17) is 16.4 Å². The van der Waals surface area contributed by atoms with Crippen LogP contribution in [0.2, 0.25) is 5.02 Å². The number of halogens is 2. The summed E-state index contributed by atoms with van der Waals surface area (Å²) in [4.78, 5) is 6.39. The second-order valence-electron chi connectivity index (χ2n) is 7.82. The van der Waals surface area contributed by atoms with Gasteiger partial charge in [-0.15, -0.1) is 4.65 Å². The number of hydrogen-bond acceptors (Lipinski definition) is 1. The third-order valence-electron chi connectivity index (χ3n) is 5.11. The first kappa shape index (κ1) is 26.6. The minimum absolute atomic E-state index is 0. The number of benzene rings is 1. The van der Waals surface area contributed by atoms with Crippen molar-refractivity contribution in [1.29, 1.82) is 0 Å². The van der Waals surface area contributed by atoms with Gasteiger partial charge in [-0.3, -0.25) is 0 Å². The average molecular weight is 418 g/mol. The smallest absolute Gasteiger partial charge is 0.190 e. The van der Waals surface area contributed by atoms with E-state index in [2.05, 4.69) is 20.9 Å². The van der Waals surface area contributed by atoms with E-state index in [0.717, 1.165) is 23.9 Å². The number of quaternary nitrogens is 1. The maximum Gasteiger partial charge on any atom is 0.190 e. The molecule has 0 saturated carbocycles. The fraction of sp³-hybridized carbons (Fsp3) is 0.739. The molecule has 158 valence electrons. The van der Waals surface area contributed by atoms with Gasteiger partial charge in [-0.1, -0.05) is 76.8 Å². The molecule has 1 aromatic carbocycles. The molecule has 0 heterocycles. The summed E-state index contributed by atoms with van der Waals surface area (Å²) >= 11 is 6.01. The summed E-state index contributed by atoms with van der Waals surface area (Å²) in [7, 11) is 2.24. The van der Waals surface area contributed by atoms with E-state index < -0.39 is 0 Å². The molecule has 0 radical (unpaired) electrons. The van der Waals surface area contributed by atoms with Crippen LogP contribution < -0.4 is 17.2 Å². The Hall–Kier alpha value is -0.440. The van der Waals surface area contributed by atoms with Gasteiger partial charge < -0.3 is 17.2 Å². The normalized spacial score (nSPS) is 11.3. The lowest BCUT2D eigenvalue weighted by Crippen LogP contribution is -3.00. The number of rotatable bonds is 16. The van der Waals surface area contributed by atoms with Crippen molar-refractivity contribution in [3.63, 3.8) is 0 Å². The van der Waals surface area contributed by atoms with Crippen molar-refractivity contribution in [2.45, 2.75) is 90.9 Å². The molecule has 0 saturated heterocycles. The summed E-state index contributed by atoms with van der Waals surface area (Å²) in [5.41, 5.74) is 0. The first-order chi connectivity index (χ1) is 12.6. The van der Waals surface area contributed by atoms with Gasteiger partial charge in [-0.25, -0.2) is 0 Å². The van der Waals surface area contributed by atoms with Crippen molar-refractivity contribution in [1.82, 2.24) is 0 Å². The average Bonchev–Trinajstić information content (AvgIpc) is 2.63. The third kappa shape index (κ3) is 13.4. The first-order valence-electron chi connectivity index (χ1n) is 10.9. The number of hydroxylamine groups is 3. The topological polar surface area (TPSA) is 9.23 Å². The summed E-state index contributed by atoms with van der Waals surface area (Å²) in [6.07, 6.45) is 15.9. The van der Waals surface area contributed by atoms with Crippen molar-refractivity contribution in [2.75, 3.05) is 20.1 Å². The maximum atomic E-state index is 6.39. The van der Waals surface area contributed by atoms with Crippen LogP contribution in [0, 0.1) is 0 Å². The van der Waals surface area contributed by atoms with Crippen LogP contribution in [0.15, 0.2) is 24.3 Å². The SMILES string of the molecule is CCCCCCCC[N+](C)(CCCCCCCC)Oc1ccc(Cl)cc1.[Cl-]. The fourth-order valence-corrected chi connectivity index (χ4v) is 3.53.